The average Bonchev–Trinajstić information content (AvgIpc) is 2.52. The van der Waals surface area contributed by atoms with Crippen LogP contribution in [0.15, 0.2) is 53.0 Å². The SMILES string of the molecule is O=C(COC(=O)c1ccc(Br)cc1)NCc1ccc(Cl)cc1. The van der Waals surface area contributed by atoms with Crippen molar-refractivity contribution in [2.75, 3.05) is 6.61 Å². The Kier molecular flexibility index (Phi) is 5.98. The molecule has 1 amide bonds. The predicted molar refractivity (Wildman–Crippen MR) is 87.7 cm³/mol. The van der Waals surface area contributed by atoms with E-state index < -0.39 is 5.97 Å². The number of hydrogen-bond donors (Lipinski definition) is 1. The topological polar surface area (TPSA) is 55.4 Å². The van der Waals surface area contributed by atoms with E-state index in [4.69, 9.17) is 16.3 Å². The first-order valence-corrected chi connectivity index (χ1v) is 7.65. The van der Waals surface area contributed by atoms with Gasteiger partial charge in [0.2, 0.25) is 0 Å². The maximum absolute atomic E-state index is 11.7. The van der Waals surface area contributed by atoms with Gasteiger partial charge in [0.25, 0.3) is 5.91 Å². The zero-order chi connectivity index (χ0) is 15.9. The summed E-state index contributed by atoms with van der Waals surface area (Å²) in [7, 11) is 0. The lowest BCUT2D eigenvalue weighted by Gasteiger charge is -2.07. The average molecular weight is 383 g/mol. The molecule has 0 bridgehead atoms. The maximum Gasteiger partial charge on any atom is 0.338 e. The van der Waals surface area contributed by atoms with Crippen LogP contribution in [-0.4, -0.2) is 18.5 Å². The Morgan fingerprint density at radius 2 is 1.68 bits per heavy atom. The standard InChI is InChI=1S/C16H13BrClNO3/c17-13-5-3-12(4-6-13)16(21)22-10-15(20)19-9-11-1-7-14(18)8-2-11/h1-8H,9-10H2,(H,19,20). The highest BCUT2D eigenvalue weighted by Crippen LogP contribution is 2.11. The molecule has 6 heteroatoms. The van der Waals surface area contributed by atoms with Gasteiger partial charge in [0.15, 0.2) is 6.61 Å². The lowest BCUT2D eigenvalue weighted by molar-refractivity contribution is -0.124. The fourth-order valence-corrected chi connectivity index (χ4v) is 2.04. The summed E-state index contributed by atoms with van der Waals surface area (Å²) in [6.45, 7) is 0.0360. The largest absolute Gasteiger partial charge is 0.452 e. The summed E-state index contributed by atoms with van der Waals surface area (Å²) < 4.78 is 5.82. The second-order valence-corrected chi connectivity index (χ2v) is 5.84. The van der Waals surface area contributed by atoms with E-state index in [2.05, 4.69) is 21.2 Å². The third kappa shape index (κ3) is 5.16. The molecule has 0 saturated heterocycles. The van der Waals surface area contributed by atoms with Gasteiger partial charge in [-0.3, -0.25) is 4.79 Å². The number of amides is 1. The molecule has 2 aromatic carbocycles. The highest BCUT2D eigenvalue weighted by atomic mass is 79.9. The van der Waals surface area contributed by atoms with Gasteiger partial charge >= 0.3 is 5.97 Å². The van der Waals surface area contributed by atoms with Gasteiger partial charge in [0.1, 0.15) is 0 Å². The van der Waals surface area contributed by atoms with Crippen LogP contribution in [0.3, 0.4) is 0 Å². The molecule has 0 saturated carbocycles. The molecule has 0 aromatic heterocycles. The minimum atomic E-state index is -0.533. The number of ether oxygens (including phenoxy) is 1. The Morgan fingerprint density at radius 3 is 2.32 bits per heavy atom. The van der Waals surface area contributed by atoms with E-state index in [9.17, 15) is 9.59 Å². The Balaban J connectivity index is 1.76. The van der Waals surface area contributed by atoms with Crippen LogP contribution in [0.4, 0.5) is 0 Å². The zero-order valence-corrected chi connectivity index (χ0v) is 13.9. The van der Waals surface area contributed by atoms with Crippen LogP contribution < -0.4 is 5.32 Å². The third-order valence-corrected chi connectivity index (χ3v) is 3.60. The van der Waals surface area contributed by atoms with Crippen molar-refractivity contribution in [1.29, 1.82) is 0 Å². The molecule has 1 N–H and O–H groups in total. The molecule has 0 aliphatic rings. The number of nitrogens with one attached hydrogen (secondary N) is 1. The van der Waals surface area contributed by atoms with Gasteiger partial charge in [-0.1, -0.05) is 39.7 Å². The fourth-order valence-electron chi connectivity index (χ4n) is 1.65. The summed E-state index contributed by atoms with van der Waals surface area (Å²) in [6, 6.07) is 13.8. The highest BCUT2D eigenvalue weighted by molar-refractivity contribution is 9.10. The minimum Gasteiger partial charge on any atom is -0.452 e. The van der Waals surface area contributed by atoms with E-state index in [0.717, 1.165) is 10.0 Å². The van der Waals surface area contributed by atoms with E-state index in [0.29, 0.717) is 17.1 Å². The van der Waals surface area contributed by atoms with Gasteiger partial charge in [-0.25, -0.2) is 4.79 Å². The van der Waals surface area contributed by atoms with E-state index in [1.165, 1.54) is 0 Å². The van der Waals surface area contributed by atoms with Gasteiger partial charge in [-0.15, -0.1) is 0 Å². The van der Waals surface area contributed by atoms with Gasteiger partial charge in [0, 0.05) is 16.0 Å². The second-order valence-electron chi connectivity index (χ2n) is 4.49. The van der Waals surface area contributed by atoms with Gasteiger partial charge < -0.3 is 10.1 Å². The fraction of sp³-hybridized carbons (Fsp3) is 0.125. The van der Waals surface area contributed by atoms with E-state index in [1.54, 1.807) is 36.4 Å². The van der Waals surface area contributed by atoms with Gasteiger partial charge in [-0.05, 0) is 42.0 Å². The van der Waals surface area contributed by atoms with Crippen molar-refractivity contribution in [2.45, 2.75) is 6.54 Å². The maximum atomic E-state index is 11.7. The molecule has 0 aliphatic heterocycles. The smallest absolute Gasteiger partial charge is 0.338 e. The molecular weight excluding hydrogens is 370 g/mol. The summed E-state index contributed by atoms with van der Waals surface area (Å²) in [5.74, 6) is -0.894. The van der Waals surface area contributed by atoms with Crippen molar-refractivity contribution < 1.29 is 14.3 Å². The van der Waals surface area contributed by atoms with Gasteiger partial charge in [0.05, 0.1) is 5.56 Å². The third-order valence-electron chi connectivity index (χ3n) is 2.82. The number of rotatable bonds is 5. The Hall–Kier alpha value is -1.85. The van der Waals surface area contributed by atoms with E-state index in [-0.39, 0.29) is 12.5 Å². The van der Waals surface area contributed by atoms with Crippen LogP contribution >= 0.6 is 27.5 Å². The van der Waals surface area contributed by atoms with E-state index >= 15 is 0 Å². The van der Waals surface area contributed by atoms with Crippen LogP contribution in [0.1, 0.15) is 15.9 Å². The molecule has 0 heterocycles. The zero-order valence-electron chi connectivity index (χ0n) is 11.5. The minimum absolute atomic E-state index is 0.317. The number of hydrogen-bond acceptors (Lipinski definition) is 3. The molecule has 0 aliphatic carbocycles. The second kappa shape index (κ2) is 7.96. The van der Waals surface area contributed by atoms with Crippen LogP contribution in [0.25, 0.3) is 0 Å². The summed E-state index contributed by atoms with van der Waals surface area (Å²) in [6.07, 6.45) is 0. The summed E-state index contributed by atoms with van der Waals surface area (Å²) in [5.41, 5.74) is 1.31. The van der Waals surface area contributed by atoms with E-state index in [1.807, 2.05) is 12.1 Å². The summed E-state index contributed by atoms with van der Waals surface area (Å²) >= 11 is 9.06. The Bertz CT molecular complexity index is 656. The summed E-state index contributed by atoms with van der Waals surface area (Å²) in [4.78, 5) is 23.4. The molecule has 0 fully saturated rings. The van der Waals surface area contributed by atoms with Crippen LogP contribution in [-0.2, 0) is 16.1 Å². The molecule has 4 nitrogen and oxygen atoms in total. The first-order chi connectivity index (χ1) is 10.5. The molecule has 0 spiro atoms. The van der Waals surface area contributed by atoms with Crippen LogP contribution in [0.2, 0.25) is 5.02 Å². The number of carbonyl (C=O) groups is 2. The number of esters is 1. The molecular formula is C16H13BrClNO3. The number of halogens is 2. The molecule has 2 aromatic rings. The van der Waals surface area contributed by atoms with Crippen LogP contribution in [0, 0.1) is 0 Å². The number of benzene rings is 2. The Morgan fingerprint density at radius 1 is 1.05 bits per heavy atom. The molecule has 0 atom stereocenters. The highest BCUT2D eigenvalue weighted by Gasteiger charge is 2.09. The van der Waals surface area contributed by atoms with Crippen molar-refractivity contribution >= 4 is 39.4 Å². The first kappa shape index (κ1) is 16.5. The lowest BCUT2D eigenvalue weighted by atomic mass is 10.2. The molecule has 0 unspecified atom stereocenters. The van der Waals surface area contributed by atoms with Crippen molar-refractivity contribution in [3.05, 3.63) is 69.2 Å². The normalized spacial score (nSPS) is 10.1. The predicted octanol–water partition coefficient (Wildman–Crippen LogP) is 3.58. The summed E-state index contributed by atoms with van der Waals surface area (Å²) in [5, 5.41) is 3.31. The molecule has 2 rings (SSSR count). The van der Waals surface area contributed by atoms with Crippen molar-refractivity contribution in [2.24, 2.45) is 0 Å². The first-order valence-electron chi connectivity index (χ1n) is 6.48. The van der Waals surface area contributed by atoms with Gasteiger partial charge in [-0.2, -0.15) is 0 Å². The van der Waals surface area contributed by atoms with Crippen molar-refractivity contribution in [1.82, 2.24) is 5.32 Å². The van der Waals surface area contributed by atoms with Crippen molar-refractivity contribution in [3.8, 4) is 0 Å². The lowest BCUT2D eigenvalue weighted by Crippen LogP contribution is -2.28. The molecule has 0 radical (unpaired) electrons. The molecule has 22 heavy (non-hydrogen) atoms. The monoisotopic (exact) mass is 381 g/mol. The molecule has 114 valence electrons. The van der Waals surface area contributed by atoms with Crippen LogP contribution in [0.5, 0.6) is 0 Å². The number of carbonyl (C=O) groups excluding carboxylic acids is 2. The quantitative estimate of drug-likeness (QED) is 0.804. The van der Waals surface area contributed by atoms with Crippen molar-refractivity contribution in [3.63, 3.8) is 0 Å². The Labute approximate surface area is 141 Å².